The van der Waals surface area contributed by atoms with Gasteiger partial charge in [-0.05, 0) is 29.2 Å². The zero-order valence-corrected chi connectivity index (χ0v) is 10.6. The van der Waals surface area contributed by atoms with Crippen molar-refractivity contribution in [3.63, 3.8) is 0 Å². The lowest BCUT2D eigenvalue weighted by atomic mass is 10.1. The molecule has 0 bridgehead atoms. The Balaban J connectivity index is 2.26. The summed E-state index contributed by atoms with van der Waals surface area (Å²) in [6.07, 6.45) is 3.83. The number of benzene rings is 1. The van der Waals surface area contributed by atoms with E-state index in [1.165, 1.54) is 24.9 Å². The first kappa shape index (κ1) is 12.5. The molecular weight excluding hydrogens is 250 g/mol. The number of esters is 1. The lowest BCUT2D eigenvalue weighted by molar-refractivity contribution is -0.134. The van der Waals surface area contributed by atoms with Crippen molar-refractivity contribution in [1.82, 2.24) is 0 Å². The molecule has 1 aliphatic rings. The Kier molecular flexibility index (Phi) is 3.92. The van der Waals surface area contributed by atoms with Crippen LogP contribution in [0.1, 0.15) is 11.1 Å². The second kappa shape index (κ2) is 5.62. The summed E-state index contributed by atoms with van der Waals surface area (Å²) in [4.78, 5) is 15.0. The van der Waals surface area contributed by atoms with Crippen molar-refractivity contribution in [3.8, 4) is 0 Å². The minimum atomic E-state index is -0.387. The van der Waals surface area contributed by atoms with Gasteiger partial charge in [-0.15, -0.1) is 11.8 Å². The van der Waals surface area contributed by atoms with Crippen LogP contribution < -0.4 is 0 Å². The first-order valence-electron chi connectivity index (χ1n) is 5.33. The lowest BCUT2D eigenvalue weighted by Crippen LogP contribution is -1.93. The average molecular weight is 261 g/mol. The van der Waals surface area contributed by atoms with E-state index < -0.39 is 0 Å². The van der Waals surface area contributed by atoms with Crippen molar-refractivity contribution in [2.45, 2.75) is 16.7 Å². The molecule has 1 aromatic carbocycles. The SMILES string of the molecule is COC(=O)C=Cc1cccc2c1SC(N=[N+]=[N-])C2. The number of ether oxygens (including phenoxy) is 1. The Bertz CT molecular complexity index is 550. The normalized spacial score (nSPS) is 17.3. The number of carbonyl (C=O) groups is 1. The summed E-state index contributed by atoms with van der Waals surface area (Å²) in [6.45, 7) is 0. The van der Waals surface area contributed by atoms with E-state index in [1.54, 1.807) is 6.08 Å². The zero-order chi connectivity index (χ0) is 13.0. The molecule has 1 aromatic rings. The Morgan fingerprint density at radius 3 is 3.22 bits per heavy atom. The summed E-state index contributed by atoms with van der Waals surface area (Å²) in [7, 11) is 1.34. The summed E-state index contributed by atoms with van der Waals surface area (Å²) in [6, 6.07) is 5.85. The van der Waals surface area contributed by atoms with E-state index in [2.05, 4.69) is 14.8 Å². The molecule has 6 heteroatoms. The van der Waals surface area contributed by atoms with Crippen molar-refractivity contribution in [3.05, 3.63) is 45.8 Å². The number of hydrogen-bond donors (Lipinski definition) is 0. The maximum atomic E-state index is 11.1. The van der Waals surface area contributed by atoms with Gasteiger partial charge in [0.05, 0.1) is 12.5 Å². The van der Waals surface area contributed by atoms with Gasteiger partial charge >= 0.3 is 5.97 Å². The van der Waals surface area contributed by atoms with Gasteiger partial charge in [-0.2, -0.15) is 0 Å². The fraction of sp³-hybridized carbons (Fsp3) is 0.250. The maximum absolute atomic E-state index is 11.1. The second-order valence-corrected chi connectivity index (χ2v) is 4.86. The van der Waals surface area contributed by atoms with E-state index in [1.807, 2.05) is 18.2 Å². The maximum Gasteiger partial charge on any atom is 0.330 e. The molecule has 18 heavy (non-hydrogen) atoms. The molecule has 0 saturated carbocycles. The predicted octanol–water partition coefficient (Wildman–Crippen LogP) is 3.16. The number of hydrogen-bond acceptors (Lipinski definition) is 4. The Hall–Kier alpha value is -1.91. The van der Waals surface area contributed by atoms with E-state index in [0.29, 0.717) is 0 Å². The van der Waals surface area contributed by atoms with Gasteiger partial charge in [-0.1, -0.05) is 23.3 Å². The largest absolute Gasteiger partial charge is 0.466 e. The Morgan fingerprint density at radius 2 is 2.50 bits per heavy atom. The summed E-state index contributed by atoms with van der Waals surface area (Å²) in [5.41, 5.74) is 10.5. The van der Waals surface area contributed by atoms with Crippen LogP contribution in [0.2, 0.25) is 0 Å². The number of carbonyl (C=O) groups excluding carboxylic acids is 1. The molecule has 1 atom stereocenters. The fourth-order valence-electron chi connectivity index (χ4n) is 1.75. The molecule has 0 amide bonds. The van der Waals surface area contributed by atoms with Crippen LogP contribution in [0, 0.1) is 0 Å². The van der Waals surface area contributed by atoms with Gasteiger partial charge in [0.25, 0.3) is 0 Å². The first-order chi connectivity index (χ1) is 8.74. The lowest BCUT2D eigenvalue weighted by Gasteiger charge is -2.02. The number of azide groups is 1. The van der Waals surface area contributed by atoms with Crippen LogP contribution in [0.5, 0.6) is 0 Å². The van der Waals surface area contributed by atoms with Crippen LogP contribution >= 0.6 is 11.8 Å². The van der Waals surface area contributed by atoms with Gasteiger partial charge < -0.3 is 4.74 Å². The second-order valence-electron chi connectivity index (χ2n) is 3.67. The number of fused-ring (bicyclic) bond motifs is 1. The van der Waals surface area contributed by atoms with E-state index in [-0.39, 0.29) is 11.3 Å². The molecule has 0 N–H and O–H groups in total. The van der Waals surface area contributed by atoms with Crippen LogP contribution in [0.4, 0.5) is 0 Å². The highest BCUT2D eigenvalue weighted by Gasteiger charge is 2.22. The van der Waals surface area contributed by atoms with Crippen LogP contribution in [0.3, 0.4) is 0 Å². The number of methoxy groups -OCH3 is 1. The van der Waals surface area contributed by atoms with Gasteiger partial charge in [0, 0.05) is 15.9 Å². The summed E-state index contributed by atoms with van der Waals surface area (Å²) < 4.78 is 4.55. The number of thioether (sulfide) groups is 1. The molecule has 0 fully saturated rings. The molecule has 0 aromatic heterocycles. The third-order valence-corrected chi connectivity index (χ3v) is 3.82. The van der Waals surface area contributed by atoms with Crippen molar-refractivity contribution in [2.24, 2.45) is 5.11 Å². The summed E-state index contributed by atoms with van der Waals surface area (Å²) in [5, 5.41) is 3.62. The molecule has 0 saturated heterocycles. The van der Waals surface area contributed by atoms with Gasteiger partial charge in [0.2, 0.25) is 0 Å². The molecule has 92 valence electrons. The van der Waals surface area contributed by atoms with Crippen molar-refractivity contribution in [2.75, 3.05) is 7.11 Å². The quantitative estimate of drug-likeness (QED) is 0.276. The van der Waals surface area contributed by atoms with E-state index >= 15 is 0 Å². The van der Waals surface area contributed by atoms with Gasteiger partial charge in [-0.25, -0.2) is 4.79 Å². The van der Waals surface area contributed by atoms with Crippen LogP contribution in [-0.2, 0) is 16.0 Å². The Labute approximate surface area is 108 Å². The molecule has 1 unspecified atom stereocenters. The molecule has 0 aliphatic carbocycles. The molecule has 1 heterocycles. The summed E-state index contributed by atoms with van der Waals surface area (Å²) in [5.74, 6) is -0.387. The predicted molar refractivity (Wildman–Crippen MR) is 70.0 cm³/mol. The minimum Gasteiger partial charge on any atom is -0.466 e. The smallest absolute Gasteiger partial charge is 0.330 e. The molecule has 1 aliphatic heterocycles. The van der Waals surface area contributed by atoms with Crippen molar-refractivity contribution < 1.29 is 9.53 Å². The van der Waals surface area contributed by atoms with Gasteiger partial charge in [0.15, 0.2) is 0 Å². The van der Waals surface area contributed by atoms with E-state index in [9.17, 15) is 4.79 Å². The fourth-order valence-corrected chi connectivity index (χ4v) is 2.95. The standard InChI is InChI=1S/C12H11N3O2S/c1-17-11(16)6-5-8-3-2-4-9-7-10(14-15-13)18-12(8)9/h2-6,10H,7H2,1H3. The van der Waals surface area contributed by atoms with Gasteiger partial charge in [-0.3, -0.25) is 0 Å². The third kappa shape index (κ3) is 2.67. The van der Waals surface area contributed by atoms with Crippen LogP contribution in [0.15, 0.2) is 34.3 Å². The highest BCUT2D eigenvalue weighted by atomic mass is 32.2. The van der Waals surface area contributed by atoms with Gasteiger partial charge in [0.1, 0.15) is 0 Å². The first-order valence-corrected chi connectivity index (χ1v) is 6.21. The van der Waals surface area contributed by atoms with E-state index in [4.69, 9.17) is 5.53 Å². The monoisotopic (exact) mass is 261 g/mol. The van der Waals surface area contributed by atoms with Crippen LogP contribution in [0.25, 0.3) is 16.5 Å². The van der Waals surface area contributed by atoms with Crippen molar-refractivity contribution >= 4 is 23.8 Å². The molecule has 2 rings (SSSR count). The summed E-state index contributed by atoms with van der Waals surface area (Å²) >= 11 is 1.52. The Morgan fingerprint density at radius 1 is 1.67 bits per heavy atom. The highest BCUT2D eigenvalue weighted by molar-refractivity contribution is 8.00. The minimum absolute atomic E-state index is 0.0994. The molecule has 0 spiro atoms. The van der Waals surface area contributed by atoms with E-state index in [0.717, 1.165) is 22.4 Å². The third-order valence-electron chi connectivity index (χ3n) is 2.56. The van der Waals surface area contributed by atoms with Crippen LogP contribution in [-0.4, -0.2) is 18.5 Å². The number of rotatable bonds is 3. The average Bonchev–Trinajstić information content (AvgIpc) is 2.79. The highest BCUT2D eigenvalue weighted by Crippen LogP contribution is 2.40. The zero-order valence-electron chi connectivity index (χ0n) is 9.74. The molecule has 5 nitrogen and oxygen atoms in total. The number of nitrogens with zero attached hydrogens (tertiary/aromatic N) is 3. The van der Waals surface area contributed by atoms with Crippen molar-refractivity contribution in [1.29, 1.82) is 0 Å². The molecular formula is C12H11N3O2S. The molecule has 0 radical (unpaired) electrons. The topological polar surface area (TPSA) is 75.1 Å².